The number of benzene rings is 1. The lowest BCUT2D eigenvalue weighted by atomic mass is 9.74. The first-order valence-corrected chi connectivity index (χ1v) is 9.20. The highest BCUT2D eigenvalue weighted by Gasteiger charge is 2.31. The Balaban J connectivity index is 2.09. The zero-order valence-corrected chi connectivity index (χ0v) is 13.2. The normalized spacial score (nSPS) is 18.4. The number of nitrogens with two attached hydrogens (primary N) is 1. The number of nitrogen functional groups attached to an aromatic ring is 1. The molecule has 1 aromatic rings. The summed E-state index contributed by atoms with van der Waals surface area (Å²) in [6.07, 6.45) is 6.70. The summed E-state index contributed by atoms with van der Waals surface area (Å²) in [6, 6.07) is 4.73. The predicted octanol–water partition coefficient (Wildman–Crippen LogP) is 2.03. The Hall–Kier alpha value is -1.27. The van der Waals surface area contributed by atoms with Gasteiger partial charge >= 0.3 is 0 Å². The number of rotatable bonds is 5. The van der Waals surface area contributed by atoms with Crippen molar-refractivity contribution in [3.8, 4) is 0 Å². The summed E-state index contributed by atoms with van der Waals surface area (Å²) in [4.78, 5) is 0.222. The molecule has 1 aliphatic carbocycles. The summed E-state index contributed by atoms with van der Waals surface area (Å²) in [6.45, 7) is 0.827. The molecule has 0 heterocycles. The zero-order chi connectivity index (χ0) is 15.5. The van der Waals surface area contributed by atoms with Crippen LogP contribution in [0.5, 0.6) is 0 Å². The summed E-state index contributed by atoms with van der Waals surface area (Å²) < 4.78 is 23.0. The molecule has 0 aromatic heterocycles. The second-order valence-corrected chi connectivity index (χ2v) is 8.11. The topological polar surface area (TPSA) is 92.4 Å². The number of aliphatic hydroxyl groups excluding tert-OH is 1. The van der Waals surface area contributed by atoms with Gasteiger partial charge in [-0.1, -0.05) is 19.3 Å². The van der Waals surface area contributed by atoms with Crippen molar-refractivity contribution in [1.29, 1.82) is 0 Å². The molecule has 1 aromatic carbocycles. The maximum absolute atomic E-state index is 11.5. The molecule has 0 amide bonds. The van der Waals surface area contributed by atoms with Gasteiger partial charge in [0.25, 0.3) is 0 Å². The number of anilines is 2. The molecule has 0 radical (unpaired) electrons. The average molecular weight is 312 g/mol. The van der Waals surface area contributed by atoms with E-state index in [9.17, 15) is 13.5 Å². The Bertz CT molecular complexity index is 593. The van der Waals surface area contributed by atoms with Crippen molar-refractivity contribution in [2.45, 2.75) is 37.0 Å². The fourth-order valence-corrected chi connectivity index (χ4v) is 3.56. The molecule has 0 spiro atoms. The number of sulfone groups is 1. The van der Waals surface area contributed by atoms with Gasteiger partial charge in [-0.15, -0.1) is 0 Å². The van der Waals surface area contributed by atoms with E-state index in [0.717, 1.165) is 37.6 Å². The molecule has 0 saturated heterocycles. The van der Waals surface area contributed by atoms with E-state index >= 15 is 0 Å². The van der Waals surface area contributed by atoms with E-state index < -0.39 is 9.84 Å². The van der Waals surface area contributed by atoms with Gasteiger partial charge in [-0.25, -0.2) is 8.42 Å². The molecule has 0 bridgehead atoms. The van der Waals surface area contributed by atoms with E-state index in [1.165, 1.54) is 12.5 Å². The van der Waals surface area contributed by atoms with Gasteiger partial charge in [0.05, 0.1) is 22.9 Å². The summed E-state index contributed by atoms with van der Waals surface area (Å²) in [5.41, 5.74) is 6.99. The largest absolute Gasteiger partial charge is 0.397 e. The number of nitrogens with one attached hydrogen (secondary N) is 1. The summed E-state index contributed by atoms with van der Waals surface area (Å²) in [7, 11) is -3.24. The third kappa shape index (κ3) is 3.89. The minimum absolute atomic E-state index is 0.0831. The Kier molecular flexibility index (Phi) is 4.78. The van der Waals surface area contributed by atoms with Crippen molar-refractivity contribution in [2.24, 2.45) is 5.41 Å². The summed E-state index contributed by atoms with van der Waals surface area (Å²) in [5.74, 6) is 0. The highest BCUT2D eigenvalue weighted by molar-refractivity contribution is 7.90. The lowest BCUT2D eigenvalue weighted by Gasteiger charge is -2.36. The first-order valence-electron chi connectivity index (χ1n) is 7.31. The van der Waals surface area contributed by atoms with Crippen LogP contribution in [0.25, 0.3) is 0 Å². The van der Waals surface area contributed by atoms with Crippen molar-refractivity contribution in [1.82, 2.24) is 0 Å². The SMILES string of the molecule is CS(=O)(=O)c1ccc(NCC2(CO)CCCCC2)c(N)c1. The molecule has 5 nitrogen and oxygen atoms in total. The van der Waals surface area contributed by atoms with Crippen LogP contribution in [0.1, 0.15) is 32.1 Å². The van der Waals surface area contributed by atoms with Crippen LogP contribution >= 0.6 is 0 Å². The first kappa shape index (κ1) is 16.1. The standard InChI is InChI=1S/C15H24N2O3S/c1-21(19,20)12-5-6-14(13(16)9-12)17-10-15(11-18)7-3-2-4-8-15/h5-6,9,17-18H,2-4,7-8,10-11,16H2,1H3. The number of hydrogen-bond acceptors (Lipinski definition) is 5. The minimum atomic E-state index is -3.24. The van der Waals surface area contributed by atoms with Gasteiger partial charge < -0.3 is 16.2 Å². The van der Waals surface area contributed by atoms with Crippen LogP contribution in [0.3, 0.4) is 0 Å². The number of aliphatic hydroxyl groups is 1. The fourth-order valence-electron chi connectivity index (χ4n) is 2.91. The molecule has 6 heteroatoms. The third-order valence-electron chi connectivity index (χ3n) is 4.35. The highest BCUT2D eigenvalue weighted by Crippen LogP contribution is 2.36. The van der Waals surface area contributed by atoms with Crippen LogP contribution in [0.15, 0.2) is 23.1 Å². The van der Waals surface area contributed by atoms with Gasteiger partial charge in [-0.3, -0.25) is 0 Å². The molecule has 1 aliphatic rings. The van der Waals surface area contributed by atoms with Gasteiger partial charge in [0, 0.05) is 18.2 Å². The Morgan fingerprint density at radius 3 is 2.48 bits per heavy atom. The van der Waals surface area contributed by atoms with E-state index in [0.29, 0.717) is 12.2 Å². The monoisotopic (exact) mass is 312 g/mol. The van der Waals surface area contributed by atoms with Crippen molar-refractivity contribution >= 4 is 21.2 Å². The molecular formula is C15H24N2O3S. The maximum atomic E-state index is 11.5. The van der Waals surface area contributed by atoms with Gasteiger partial charge in [0.1, 0.15) is 0 Å². The molecule has 21 heavy (non-hydrogen) atoms. The minimum Gasteiger partial charge on any atom is -0.397 e. The average Bonchev–Trinajstić information content (AvgIpc) is 2.46. The van der Waals surface area contributed by atoms with Crippen LogP contribution < -0.4 is 11.1 Å². The molecule has 1 saturated carbocycles. The Morgan fingerprint density at radius 2 is 1.95 bits per heavy atom. The molecule has 118 valence electrons. The Labute approximate surface area is 126 Å². The zero-order valence-electron chi connectivity index (χ0n) is 12.4. The fraction of sp³-hybridized carbons (Fsp3) is 0.600. The van der Waals surface area contributed by atoms with Crippen LogP contribution in [0.4, 0.5) is 11.4 Å². The molecule has 0 atom stereocenters. The van der Waals surface area contributed by atoms with Crippen molar-refractivity contribution < 1.29 is 13.5 Å². The lowest BCUT2D eigenvalue weighted by molar-refractivity contribution is 0.0944. The van der Waals surface area contributed by atoms with Crippen molar-refractivity contribution in [3.05, 3.63) is 18.2 Å². The van der Waals surface area contributed by atoms with Crippen molar-refractivity contribution in [3.63, 3.8) is 0 Å². The van der Waals surface area contributed by atoms with E-state index in [1.807, 2.05) is 0 Å². The van der Waals surface area contributed by atoms with Crippen molar-refractivity contribution in [2.75, 3.05) is 30.5 Å². The smallest absolute Gasteiger partial charge is 0.175 e. The summed E-state index contributed by atoms with van der Waals surface area (Å²) >= 11 is 0. The van der Waals surface area contributed by atoms with E-state index in [4.69, 9.17) is 5.73 Å². The van der Waals surface area contributed by atoms with Gasteiger partial charge in [-0.05, 0) is 31.0 Å². The predicted molar refractivity (Wildman–Crippen MR) is 85.1 cm³/mol. The van der Waals surface area contributed by atoms with Crippen LogP contribution in [0.2, 0.25) is 0 Å². The molecule has 0 aliphatic heterocycles. The third-order valence-corrected chi connectivity index (χ3v) is 5.46. The van der Waals surface area contributed by atoms with E-state index in [-0.39, 0.29) is 16.9 Å². The molecule has 0 unspecified atom stereocenters. The van der Waals surface area contributed by atoms with Gasteiger partial charge in [-0.2, -0.15) is 0 Å². The van der Waals surface area contributed by atoms with Gasteiger partial charge in [0.2, 0.25) is 0 Å². The first-order chi connectivity index (χ1) is 9.86. The maximum Gasteiger partial charge on any atom is 0.175 e. The Morgan fingerprint density at radius 1 is 1.29 bits per heavy atom. The second kappa shape index (κ2) is 6.23. The van der Waals surface area contributed by atoms with E-state index in [2.05, 4.69) is 5.32 Å². The molecule has 4 N–H and O–H groups in total. The number of hydrogen-bond donors (Lipinski definition) is 3. The van der Waals surface area contributed by atoms with E-state index in [1.54, 1.807) is 12.1 Å². The molecule has 1 fully saturated rings. The van der Waals surface area contributed by atoms with Crippen LogP contribution in [-0.2, 0) is 9.84 Å². The molecule has 2 rings (SSSR count). The van der Waals surface area contributed by atoms with Crippen LogP contribution in [0, 0.1) is 5.41 Å². The van der Waals surface area contributed by atoms with Gasteiger partial charge in [0.15, 0.2) is 9.84 Å². The second-order valence-electron chi connectivity index (χ2n) is 6.09. The summed E-state index contributed by atoms with van der Waals surface area (Å²) in [5, 5.41) is 13.0. The quantitative estimate of drug-likeness (QED) is 0.723. The lowest BCUT2D eigenvalue weighted by Crippen LogP contribution is -2.35. The highest BCUT2D eigenvalue weighted by atomic mass is 32.2. The molecular weight excluding hydrogens is 288 g/mol. The van der Waals surface area contributed by atoms with Crippen LogP contribution in [-0.4, -0.2) is 32.9 Å².